The lowest BCUT2D eigenvalue weighted by molar-refractivity contribution is 0.264. The van der Waals surface area contributed by atoms with Gasteiger partial charge in [-0.1, -0.05) is 83.2 Å². The number of aryl methyl sites for hydroxylation is 2. The second-order valence-corrected chi connectivity index (χ2v) is 12.4. The van der Waals surface area contributed by atoms with Crippen molar-refractivity contribution in [2.24, 2.45) is 0 Å². The zero-order valence-electron chi connectivity index (χ0n) is 20.2. The predicted molar refractivity (Wildman–Crippen MR) is 151 cm³/mol. The van der Waals surface area contributed by atoms with Crippen LogP contribution >= 0.6 is 31.3 Å². The van der Waals surface area contributed by atoms with Crippen LogP contribution in [0.5, 0.6) is 0 Å². The van der Waals surface area contributed by atoms with Crippen molar-refractivity contribution in [2.75, 3.05) is 0 Å². The van der Waals surface area contributed by atoms with E-state index in [-0.39, 0.29) is 0 Å². The molecule has 0 bridgehead atoms. The van der Waals surface area contributed by atoms with E-state index in [1.807, 2.05) is 111 Å². The standard InChI is InChI=1S/C30H23O4PS2/c1-19-11-13-29-23(15-19)25(17-21-7-3-5-9-27(21)36-29)33-35(31,32)34-26-18-22-8-4-6-10-28(22)37-30-14-12-20(2)16-24(26)30/h3-18H,1-2H3,(H,31,32). The molecule has 0 saturated carbocycles. The van der Waals surface area contributed by atoms with Gasteiger partial charge in [0.1, 0.15) is 11.5 Å². The average Bonchev–Trinajstić information content (AvgIpc) is 3.11. The Hall–Kier alpha value is -3.15. The number of fused-ring (bicyclic) bond motifs is 4. The molecule has 0 aromatic heterocycles. The molecule has 37 heavy (non-hydrogen) atoms. The quantitative estimate of drug-likeness (QED) is 0.260. The van der Waals surface area contributed by atoms with Gasteiger partial charge in [-0.15, -0.1) is 0 Å². The van der Waals surface area contributed by atoms with Gasteiger partial charge in [0.15, 0.2) is 0 Å². The third-order valence-corrected chi connectivity index (χ3v) is 9.27. The monoisotopic (exact) mass is 542 g/mol. The minimum absolute atomic E-state index is 0.301. The summed E-state index contributed by atoms with van der Waals surface area (Å²) in [6.45, 7) is 3.97. The molecule has 6 rings (SSSR count). The summed E-state index contributed by atoms with van der Waals surface area (Å²) in [5.74, 6) is 0.603. The third-order valence-electron chi connectivity index (χ3n) is 6.08. The van der Waals surface area contributed by atoms with E-state index in [4.69, 9.17) is 9.05 Å². The van der Waals surface area contributed by atoms with Gasteiger partial charge in [0.05, 0.1) is 0 Å². The number of benzene rings is 4. The Morgan fingerprint density at radius 1 is 0.622 bits per heavy atom. The third kappa shape index (κ3) is 5.03. The van der Waals surface area contributed by atoms with Gasteiger partial charge in [0.25, 0.3) is 0 Å². The molecule has 0 atom stereocenters. The predicted octanol–water partition coefficient (Wildman–Crippen LogP) is 9.06. The van der Waals surface area contributed by atoms with Gasteiger partial charge in [-0.25, -0.2) is 4.57 Å². The molecule has 2 heterocycles. The summed E-state index contributed by atoms with van der Waals surface area (Å²) in [4.78, 5) is 15.1. The van der Waals surface area contributed by atoms with Crippen LogP contribution < -0.4 is 0 Å². The minimum atomic E-state index is -4.59. The van der Waals surface area contributed by atoms with Crippen molar-refractivity contribution in [3.8, 4) is 0 Å². The Morgan fingerprint density at radius 3 is 1.51 bits per heavy atom. The molecule has 0 saturated heterocycles. The van der Waals surface area contributed by atoms with E-state index in [2.05, 4.69) is 0 Å². The Bertz CT molecular complexity index is 1540. The second-order valence-electron chi connectivity index (χ2n) is 8.95. The van der Waals surface area contributed by atoms with E-state index in [0.29, 0.717) is 11.5 Å². The molecule has 1 N–H and O–H groups in total. The van der Waals surface area contributed by atoms with Crippen molar-refractivity contribution in [2.45, 2.75) is 33.4 Å². The molecule has 0 amide bonds. The van der Waals surface area contributed by atoms with E-state index in [1.54, 1.807) is 23.5 Å². The second kappa shape index (κ2) is 9.62. The fourth-order valence-corrected chi connectivity index (χ4v) is 7.23. The summed E-state index contributed by atoms with van der Waals surface area (Å²) in [7, 11) is -4.59. The number of phosphoric acid groups is 1. The highest BCUT2D eigenvalue weighted by molar-refractivity contribution is 7.99. The number of phosphoric ester groups is 1. The first-order valence-electron chi connectivity index (χ1n) is 11.8. The zero-order valence-corrected chi connectivity index (χ0v) is 22.7. The summed E-state index contributed by atoms with van der Waals surface area (Å²) in [6.07, 6.45) is 3.62. The van der Waals surface area contributed by atoms with Crippen LogP contribution in [0.2, 0.25) is 0 Å². The van der Waals surface area contributed by atoms with Crippen molar-refractivity contribution in [3.63, 3.8) is 0 Å². The highest BCUT2D eigenvalue weighted by Crippen LogP contribution is 2.55. The fraction of sp³-hybridized carbons (Fsp3) is 0.0667. The van der Waals surface area contributed by atoms with Gasteiger partial charge in [-0.05, 0) is 73.5 Å². The summed E-state index contributed by atoms with van der Waals surface area (Å²) in [5.41, 5.74) is 5.39. The maximum absolute atomic E-state index is 13.6. The SMILES string of the molecule is Cc1ccc2c(c1)C(OP(=O)(O)OC1=Cc3ccccc3Sc3ccc(C)cc31)=Cc1ccccc1S2. The van der Waals surface area contributed by atoms with Gasteiger partial charge in [0.2, 0.25) is 0 Å². The topological polar surface area (TPSA) is 55.8 Å². The maximum atomic E-state index is 13.6. The van der Waals surface area contributed by atoms with Crippen LogP contribution in [0.15, 0.2) is 105 Å². The Kier molecular flexibility index (Phi) is 6.29. The highest BCUT2D eigenvalue weighted by atomic mass is 32.2. The largest absolute Gasteiger partial charge is 0.584 e. The van der Waals surface area contributed by atoms with Crippen molar-refractivity contribution < 1.29 is 18.5 Å². The molecule has 7 heteroatoms. The normalized spacial score (nSPS) is 14.0. The van der Waals surface area contributed by atoms with Crippen LogP contribution in [0, 0.1) is 13.8 Å². The number of rotatable bonds is 4. The number of hydrogen-bond donors (Lipinski definition) is 1. The molecular weight excluding hydrogens is 519 g/mol. The lowest BCUT2D eigenvalue weighted by atomic mass is 10.1. The lowest BCUT2D eigenvalue weighted by Gasteiger charge is -2.19. The molecule has 2 aliphatic rings. The van der Waals surface area contributed by atoms with Crippen LogP contribution in [0.25, 0.3) is 23.7 Å². The lowest BCUT2D eigenvalue weighted by Crippen LogP contribution is -1.98. The molecule has 184 valence electrons. The van der Waals surface area contributed by atoms with Crippen LogP contribution in [-0.4, -0.2) is 4.89 Å². The van der Waals surface area contributed by atoms with E-state index in [1.165, 1.54) is 0 Å². The Labute approximate surface area is 224 Å². The number of hydrogen-bond acceptors (Lipinski definition) is 5. The van der Waals surface area contributed by atoms with Crippen molar-refractivity contribution in [3.05, 3.63) is 118 Å². The molecule has 4 aromatic carbocycles. The van der Waals surface area contributed by atoms with E-state index < -0.39 is 7.82 Å². The fourth-order valence-electron chi connectivity index (χ4n) is 4.33. The molecule has 0 radical (unpaired) electrons. The molecule has 0 aliphatic carbocycles. The van der Waals surface area contributed by atoms with Crippen LogP contribution in [-0.2, 0) is 13.6 Å². The minimum Gasteiger partial charge on any atom is -0.394 e. The average molecular weight is 543 g/mol. The van der Waals surface area contributed by atoms with Gasteiger partial charge in [0, 0.05) is 30.7 Å². The van der Waals surface area contributed by atoms with Crippen LogP contribution in [0.3, 0.4) is 0 Å². The summed E-state index contributed by atoms with van der Waals surface area (Å²) in [5, 5.41) is 0. The first-order valence-corrected chi connectivity index (χ1v) is 14.9. The van der Waals surface area contributed by atoms with Crippen molar-refractivity contribution in [1.29, 1.82) is 0 Å². The van der Waals surface area contributed by atoms with Crippen LogP contribution in [0.4, 0.5) is 0 Å². The van der Waals surface area contributed by atoms with Gasteiger partial charge in [-0.3, -0.25) is 4.89 Å². The molecule has 0 spiro atoms. The van der Waals surface area contributed by atoms with E-state index >= 15 is 0 Å². The Morgan fingerprint density at radius 2 is 1.05 bits per heavy atom. The first kappa shape index (κ1) is 24.2. The van der Waals surface area contributed by atoms with Gasteiger partial charge in [-0.2, -0.15) is 0 Å². The molecule has 0 unspecified atom stereocenters. The highest BCUT2D eigenvalue weighted by Gasteiger charge is 2.32. The summed E-state index contributed by atoms with van der Waals surface area (Å²) in [6, 6.07) is 27.8. The zero-order chi connectivity index (χ0) is 25.6. The Balaban J connectivity index is 1.41. The molecule has 4 nitrogen and oxygen atoms in total. The maximum Gasteiger partial charge on any atom is 0.584 e. The summed E-state index contributed by atoms with van der Waals surface area (Å²) >= 11 is 3.21. The van der Waals surface area contributed by atoms with Gasteiger partial charge < -0.3 is 9.05 Å². The van der Waals surface area contributed by atoms with E-state index in [9.17, 15) is 9.46 Å². The smallest absolute Gasteiger partial charge is 0.394 e. The van der Waals surface area contributed by atoms with Crippen LogP contribution in [0.1, 0.15) is 33.4 Å². The first-order chi connectivity index (χ1) is 17.8. The molecule has 0 fully saturated rings. The molecule has 2 aliphatic heterocycles. The van der Waals surface area contributed by atoms with Crippen molar-refractivity contribution in [1.82, 2.24) is 0 Å². The molecule has 4 aromatic rings. The summed E-state index contributed by atoms with van der Waals surface area (Å²) < 4.78 is 25.3. The molecular formula is C30H23O4PS2. The van der Waals surface area contributed by atoms with E-state index in [0.717, 1.165) is 53.0 Å². The van der Waals surface area contributed by atoms with Gasteiger partial charge >= 0.3 is 7.82 Å². The van der Waals surface area contributed by atoms with Crippen molar-refractivity contribution >= 4 is 55.0 Å².